The molecule has 0 unspecified atom stereocenters. The van der Waals surface area contributed by atoms with Crippen LogP contribution in [-0.2, 0) is 0 Å². The summed E-state index contributed by atoms with van der Waals surface area (Å²) in [5, 5.41) is 7.53. The molecule has 0 aliphatic carbocycles. The zero-order chi connectivity index (χ0) is 10.8. The first-order valence-corrected chi connectivity index (χ1v) is 5.73. The third-order valence-corrected chi connectivity index (χ3v) is 2.98. The van der Waals surface area contributed by atoms with Crippen LogP contribution in [0.5, 0.6) is 5.75 Å². The fourth-order valence-electron chi connectivity index (χ4n) is 2.12. The van der Waals surface area contributed by atoms with Crippen molar-refractivity contribution in [3.8, 4) is 5.75 Å². The average molecular weight is 217 g/mol. The standard InChI is InChI=1S/C12H15N3O/c1-2-12(11-5-8-14-15(11)9-1)16-10-3-6-13-7-4-10/h1-2,5,8-10,13H,3-4,6-7H2. The fraction of sp³-hybridized carbons (Fsp3) is 0.417. The zero-order valence-electron chi connectivity index (χ0n) is 9.10. The van der Waals surface area contributed by atoms with Gasteiger partial charge in [0.25, 0.3) is 0 Å². The minimum absolute atomic E-state index is 0.336. The molecule has 1 aliphatic heterocycles. The van der Waals surface area contributed by atoms with Gasteiger partial charge in [0, 0.05) is 6.20 Å². The van der Waals surface area contributed by atoms with Gasteiger partial charge in [-0.3, -0.25) is 0 Å². The van der Waals surface area contributed by atoms with E-state index in [0.717, 1.165) is 37.2 Å². The summed E-state index contributed by atoms with van der Waals surface area (Å²) < 4.78 is 7.87. The third-order valence-electron chi connectivity index (χ3n) is 2.98. The van der Waals surface area contributed by atoms with Gasteiger partial charge in [-0.05, 0) is 44.1 Å². The van der Waals surface area contributed by atoms with Crippen molar-refractivity contribution in [2.75, 3.05) is 13.1 Å². The Balaban J connectivity index is 1.85. The van der Waals surface area contributed by atoms with Crippen LogP contribution >= 0.6 is 0 Å². The molecule has 3 rings (SSSR count). The number of hydrogen-bond acceptors (Lipinski definition) is 3. The molecule has 0 amide bonds. The molecular weight excluding hydrogens is 202 g/mol. The van der Waals surface area contributed by atoms with E-state index in [9.17, 15) is 0 Å². The molecule has 1 fully saturated rings. The quantitative estimate of drug-likeness (QED) is 0.827. The van der Waals surface area contributed by atoms with Crippen LogP contribution in [0.15, 0.2) is 30.6 Å². The predicted octanol–water partition coefficient (Wildman–Crippen LogP) is 1.47. The summed E-state index contributed by atoms with van der Waals surface area (Å²) in [6, 6.07) is 5.96. The first-order valence-electron chi connectivity index (χ1n) is 5.73. The van der Waals surface area contributed by atoms with Gasteiger partial charge < -0.3 is 10.1 Å². The minimum atomic E-state index is 0.336. The number of piperidine rings is 1. The van der Waals surface area contributed by atoms with Gasteiger partial charge in [0.05, 0.1) is 6.20 Å². The lowest BCUT2D eigenvalue weighted by Crippen LogP contribution is -2.34. The van der Waals surface area contributed by atoms with Crippen molar-refractivity contribution >= 4 is 5.52 Å². The second-order valence-corrected chi connectivity index (χ2v) is 4.10. The Hall–Kier alpha value is -1.55. The Morgan fingerprint density at radius 1 is 1.31 bits per heavy atom. The number of pyridine rings is 1. The maximum absolute atomic E-state index is 6.03. The van der Waals surface area contributed by atoms with E-state index in [1.165, 1.54) is 0 Å². The van der Waals surface area contributed by atoms with Gasteiger partial charge in [0.1, 0.15) is 17.4 Å². The molecule has 0 atom stereocenters. The number of nitrogens with zero attached hydrogens (tertiary/aromatic N) is 2. The Kier molecular flexibility index (Phi) is 2.50. The Labute approximate surface area is 94.2 Å². The van der Waals surface area contributed by atoms with Gasteiger partial charge >= 0.3 is 0 Å². The van der Waals surface area contributed by atoms with Crippen LogP contribution in [0.4, 0.5) is 0 Å². The SMILES string of the molecule is c1cc(OC2CCNCC2)c2ccnn2c1. The van der Waals surface area contributed by atoms with Gasteiger partial charge in [0.2, 0.25) is 0 Å². The summed E-state index contributed by atoms with van der Waals surface area (Å²) in [5.74, 6) is 0.937. The molecule has 0 spiro atoms. The first kappa shape index (κ1) is 9.66. The molecule has 1 saturated heterocycles. The number of hydrogen-bond donors (Lipinski definition) is 1. The maximum atomic E-state index is 6.03. The minimum Gasteiger partial charge on any atom is -0.488 e. The number of nitrogens with one attached hydrogen (secondary N) is 1. The highest BCUT2D eigenvalue weighted by Gasteiger charge is 2.15. The Bertz CT molecular complexity index is 474. The van der Waals surface area contributed by atoms with Gasteiger partial charge in [-0.25, -0.2) is 4.52 Å². The second-order valence-electron chi connectivity index (χ2n) is 4.10. The highest BCUT2D eigenvalue weighted by Crippen LogP contribution is 2.22. The summed E-state index contributed by atoms with van der Waals surface area (Å²) in [5.41, 5.74) is 1.04. The van der Waals surface area contributed by atoms with Crippen molar-refractivity contribution < 1.29 is 4.74 Å². The van der Waals surface area contributed by atoms with Crippen molar-refractivity contribution in [1.82, 2.24) is 14.9 Å². The Morgan fingerprint density at radius 3 is 3.06 bits per heavy atom. The van der Waals surface area contributed by atoms with Gasteiger partial charge in [-0.15, -0.1) is 0 Å². The van der Waals surface area contributed by atoms with Crippen molar-refractivity contribution in [2.24, 2.45) is 0 Å². The van der Waals surface area contributed by atoms with Crippen LogP contribution in [0.25, 0.3) is 5.52 Å². The molecule has 0 bridgehead atoms. The second kappa shape index (κ2) is 4.14. The highest BCUT2D eigenvalue weighted by atomic mass is 16.5. The summed E-state index contributed by atoms with van der Waals surface area (Å²) in [6.07, 6.45) is 6.22. The summed E-state index contributed by atoms with van der Waals surface area (Å²) in [6.45, 7) is 2.10. The molecule has 0 radical (unpaired) electrons. The van der Waals surface area contributed by atoms with Crippen molar-refractivity contribution in [3.05, 3.63) is 30.6 Å². The monoisotopic (exact) mass is 217 g/mol. The average Bonchev–Trinajstić information content (AvgIpc) is 2.80. The molecule has 16 heavy (non-hydrogen) atoms. The Morgan fingerprint density at radius 2 is 2.19 bits per heavy atom. The van der Waals surface area contributed by atoms with Crippen LogP contribution < -0.4 is 10.1 Å². The number of aromatic nitrogens is 2. The van der Waals surface area contributed by atoms with Crippen LogP contribution in [0.3, 0.4) is 0 Å². The summed E-state index contributed by atoms with van der Waals surface area (Å²) >= 11 is 0. The largest absolute Gasteiger partial charge is 0.488 e. The van der Waals surface area contributed by atoms with E-state index in [1.54, 1.807) is 6.20 Å². The molecule has 2 aromatic rings. The molecule has 84 valence electrons. The van der Waals surface area contributed by atoms with Crippen molar-refractivity contribution in [3.63, 3.8) is 0 Å². The molecular formula is C12H15N3O. The normalized spacial score (nSPS) is 17.8. The molecule has 4 heteroatoms. The van der Waals surface area contributed by atoms with E-state index >= 15 is 0 Å². The van der Waals surface area contributed by atoms with E-state index in [1.807, 2.05) is 28.9 Å². The van der Waals surface area contributed by atoms with Gasteiger partial charge in [-0.1, -0.05) is 0 Å². The maximum Gasteiger partial charge on any atom is 0.145 e. The molecule has 3 heterocycles. The fourth-order valence-corrected chi connectivity index (χ4v) is 2.12. The summed E-state index contributed by atoms with van der Waals surface area (Å²) in [4.78, 5) is 0. The van der Waals surface area contributed by atoms with E-state index in [2.05, 4.69) is 10.4 Å². The van der Waals surface area contributed by atoms with E-state index < -0.39 is 0 Å². The summed E-state index contributed by atoms with van der Waals surface area (Å²) in [7, 11) is 0. The van der Waals surface area contributed by atoms with Crippen LogP contribution in [0, 0.1) is 0 Å². The van der Waals surface area contributed by atoms with E-state index in [0.29, 0.717) is 6.10 Å². The van der Waals surface area contributed by atoms with Crippen molar-refractivity contribution in [2.45, 2.75) is 18.9 Å². The van der Waals surface area contributed by atoms with E-state index in [-0.39, 0.29) is 0 Å². The number of fused-ring (bicyclic) bond motifs is 1. The lowest BCUT2D eigenvalue weighted by molar-refractivity contribution is 0.164. The van der Waals surface area contributed by atoms with Crippen LogP contribution in [-0.4, -0.2) is 28.8 Å². The smallest absolute Gasteiger partial charge is 0.145 e. The zero-order valence-corrected chi connectivity index (χ0v) is 9.10. The van der Waals surface area contributed by atoms with Crippen molar-refractivity contribution in [1.29, 1.82) is 0 Å². The highest BCUT2D eigenvalue weighted by molar-refractivity contribution is 5.58. The molecule has 1 aliphatic rings. The van der Waals surface area contributed by atoms with Gasteiger partial charge in [0.15, 0.2) is 0 Å². The molecule has 0 saturated carbocycles. The first-order chi connectivity index (χ1) is 7.93. The molecule has 0 aromatic carbocycles. The lowest BCUT2D eigenvalue weighted by atomic mass is 10.1. The third kappa shape index (κ3) is 1.76. The molecule has 2 aromatic heterocycles. The predicted molar refractivity (Wildman–Crippen MR) is 61.7 cm³/mol. The number of ether oxygens (including phenoxy) is 1. The lowest BCUT2D eigenvalue weighted by Gasteiger charge is -2.24. The molecule has 1 N–H and O–H groups in total. The number of rotatable bonds is 2. The van der Waals surface area contributed by atoms with Crippen LogP contribution in [0.1, 0.15) is 12.8 Å². The molecule has 4 nitrogen and oxygen atoms in total. The van der Waals surface area contributed by atoms with Crippen LogP contribution in [0.2, 0.25) is 0 Å². The van der Waals surface area contributed by atoms with Gasteiger partial charge in [-0.2, -0.15) is 5.10 Å². The van der Waals surface area contributed by atoms with E-state index in [4.69, 9.17) is 4.74 Å². The topological polar surface area (TPSA) is 38.6 Å².